The molecule has 1 aromatic rings. The first kappa shape index (κ1) is 9.68. The van der Waals surface area contributed by atoms with Crippen LogP contribution in [-0.4, -0.2) is 25.2 Å². The van der Waals surface area contributed by atoms with E-state index in [2.05, 4.69) is 0 Å². The molecule has 0 saturated carbocycles. The van der Waals surface area contributed by atoms with Crippen molar-refractivity contribution in [2.24, 2.45) is 0 Å². The average Bonchev–Trinajstić information content (AvgIpc) is 2.41. The zero-order valence-electron chi connectivity index (χ0n) is 7.54. The first-order valence-corrected chi connectivity index (χ1v) is 5.56. The van der Waals surface area contributed by atoms with Crippen LogP contribution in [-0.2, 0) is 10.0 Å². The second-order valence-corrected chi connectivity index (χ2v) is 4.80. The molecule has 0 radical (unpaired) electrons. The van der Waals surface area contributed by atoms with Crippen LogP contribution in [0.5, 0.6) is 0 Å². The Morgan fingerprint density at radius 1 is 1.33 bits per heavy atom. The third kappa shape index (κ3) is 1.21. The lowest BCUT2D eigenvalue weighted by Gasteiger charge is -2.09. The molecular weight excluding hydrogens is 216 g/mol. The molecule has 0 aliphatic carbocycles. The zero-order valence-corrected chi connectivity index (χ0v) is 8.36. The number of fused-ring (bicyclic) bond motifs is 1. The van der Waals surface area contributed by atoms with Crippen LogP contribution in [0.3, 0.4) is 0 Å². The second-order valence-electron chi connectivity index (χ2n) is 2.97. The molecule has 0 unspecified atom stereocenters. The molecule has 0 N–H and O–H groups in total. The van der Waals surface area contributed by atoms with Crippen molar-refractivity contribution in [2.45, 2.75) is 4.90 Å². The summed E-state index contributed by atoms with van der Waals surface area (Å²) in [5, 5.41) is 8.45. The van der Waals surface area contributed by atoms with E-state index in [0.717, 1.165) is 0 Å². The highest BCUT2D eigenvalue weighted by molar-refractivity contribution is 7.90. The summed E-state index contributed by atoms with van der Waals surface area (Å²) in [5.41, 5.74) is 0.132. The van der Waals surface area contributed by atoms with Gasteiger partial charge in [-0.25, -0.2) is 12.7 Å². The fourth-order valence-electron chi connectivity index (χ4n) is 1.45. The molecular formula is C9H6N2O3S. The molecule has 76 valence electrons. The average molecular weight is 222 g/mol. The smallest absolute Gasteiger partial charge is 0.268 e. The highest BCUT2D eigenvalue weighted by Crippen LogP contribution is 2.29. The Morgan fingerprint density at radius 3 is 2.60 bits per heavy atom. The van der Waals surface area contributed by atoms with Gasteiger partial charge in [-0.3, -0.25) is 4.79 Å². The van der Waals surface area contributed by atoms with Gasteiger partial charge < -0.3 is 0 Å². The Bertz CT molecular complexity index is 571. The van der Waals surface area contributed by atoms with Gasteiger partial charge in [-0.2, -0.15) is 5.26 Å². The predicted molar refractivity (Wildman–Crippen MR) is 50.3 cm³/mol. The van der Waals surface area contributed by atoms with Gasteiger partial charge in [0.15, 0.2) is 0 Å². The molecule has 5 nitrogen and oxygen atoms in total. The van der Waals surface area contributed by atoms with E-state index in [1.807, 2.05) is 0 Å². The maximum atomic E-state index is 11.7. The van der Waals surface area contributed by atoms with Gasteiger partial charge in [0.25, 0.3) is 15.9 Å². The van der Waals surface area contributed by atoms with Crippen molar-refractivity contribution >= 4 is 15.9 Å². The molecule has 0 spiro atoms. The molecule has 0 fully saturated rings. The van der Waals surface area contributed by atoms with Crippen LogP contribution in [0.2, 0.25) is 0 Å². The first-order valence-electron chi connectivity index (χ1n) is 4.12. The zero-order chi connectivity index (χ0) is 11.1. The van der Waals surface area contributed by atoms with Crippen molar-refractivity contribution in [3.8, 4) is 6.07 Å². The molecule has 1 aliphatic rings. The minimum absolute atomic E-state index is 0.0229. The molecule has 0 atom stereocenters. The number of amides is 1. The predicted octanol–water partition coefficient (Wildman–Crippen LogP) is 0.355. The van der Waals surface area contributed by atoms with Crippen LogP contribution in [0.1, 0.15) is 10.4 Å². The van der Waals surface area contributed by atoms with Crippen molar-refractivity contribution < 1.29 is 13.2 Å². The lowest BCUT2D eigenvalue weighted by molar-refractivity contribution is 0.0882. The fraction of sp³-hybridized carbons (Fsp3) is 0.111. The molecule has 0 saturated heterocycles. The molecule has 1 amide bonds. The summed E-state index contributed by atoms with van der Waals surface area (Å²) < 4.78 is 24.1. The van der Waals surface area contributed by atoms with Crippen molar-refractivity contribution in [1.29, 1.82) is 5.26 Å². The highest BCUT2D eigenvalue weighted by Gasteiger charge is 2.40. The minimum Gasteiger partial charge on any atom is -0.268 e. The normalized spacial score (nSPS) is 17.3. The molecule has 6 heteroatoms. The number of benzene rings is 1. The van der Waals surface area contributed by atoms with Crippen LogP contribution in [0, 0.1) is 11.3 Å². The molecule has 1 heterocycles. The van der Waals surface area contributed by atoms with Crippen LogP contribution < -0.4 is 0 Å². The van der Waals surface area contributed by atoms with Crippen LogP contribution >= 0.6 is 0 Å². The van der Waals surface area contributed by atoms with Crippen molar-refractivity contribution in [1.82, 2.24) is 4.31 Å². The van der Waals surface area contributed by atoms with Crippen molar-refractivity contribution in [2.75, 3.05) is 6.54 Å². The van der Waals surface area contributed by atoms with Gasteiger partial charge >= 0.3 is 0 Å². The summed E-state index contributed by atoms with van der Waals surface area (Å²) in [5.74, 6) is -0.632. The fourth-order valence-corrected chi connectivity index (χ4v) is 2.92. The first-order chi connectivity index (χ1) is 7.09. The molecule has 15 heavy (non-hydrogen) atoms. The SMILES string of the molecule is N#CCN1C(=O)c2ccccc2S1(=O)=O. The van der Waals surface area contributed by atoms with Gasteiger partial charge in [0.05, 0.1) is 11.6 Å². The number of sulfonamides is 1. The van der Waals surface area contributed by atoms with Gasteiger partial charge in [-0.05, 0) is 12.1 Å². The van der Waals surface area contributed by atoms with Crippen LogP contribution in [0.4, 0.5) is 0 Å². The maximum Gasteiger partial charge on any atom is 0.269 e. The summed E-state index contributed by atoms with van der Waals surface area (Å²) in [6.07, 6.45) is 0. The van der Waals surface area contributed by atoms with E-state index in [1.165, 1.54) is 12.1 Å². The van der Waals surface area contributed by atoms with E-state index in [-0.39, 0.29) is 10.5 Å². The number of hydrogen-bond acceptors (Lipinski definition) is 4. The Balaban J connectivity index is 2.67. The summed E-state index contributed by atoms with van der Waals surface area (Å²) in [6, 6.07) is 7.58. The molecule has 0 bridgehead atoms. The maximum absolute atomic E-state index is 11.7. The van der Waals surface area contributed by atoms with Gasteiger partial charge in [-0.1, -0.05) is 12.1 Å². The van der Waals surface area contributed by atoms with Crippen LogP contribution in [0.25, 0.3) is 0 Å². The largest absolute Gasteiger partial charge is 0.269 e. The van der Waals surface area contributed by atoms with E-state index in [4.69, 9.17) is 5.26 Å². The monoisotopic (exact) mass is 222 g/mol. The van der Waals surface area contributed by atoms with Gasteiger partial charge in [0.1, 0.15) is 11.4 Å². The topological polar surface area (TPSA) is 78.2 Å². The van der Waals surface area contributed by atoms with E-state index in [1.54, 1.807) is 18.2 Å². The Hall–Kier alpha value is -1.87. The van der Waals surface area contributed by atoms with Gasteiger partial charge in [0, 0.05) is 0 Å². The summed E-state index contributed by atoms with van der Waals surface area (Å²) in [4.78, 5) is 11.6. The Kier molecular flexibility index (Phi) is 1.98. The van der Waals surface area contributed by atoms with Gasteiger partial charge in [0.2, 0.25) is 0 Å². The van der Waals surface area contributed by atoms with E-state index < -0.39 is 22.5 Å². The van der Waals surface area contributed by atoms with Crippen molar-refractivity contribution in [3.05, 3.63) is 29.8 Å². The number of hydrogen-bond donors (Lipinski definition) is 0. The van der Waals surface area contributed by atoms with Crippen molar-refractivity contribution in [3.63, 3.8) is 0 Å². The standard InChI is InChI=1S/C9H6N2O3S/c10-5-6-11-9(12)7-3-1-2-4-8(7)15(11,13)14/h1-4H,6H2. The lowest BCUT2D eigenvalue weighted by Crippen LogP contribution is -2.30. The third-order valence-electron chi connectivity index (χ3n) is 2.13. The van der Waals surface area contributed by atoms with E-state index in [9.17, 15) is 13.2 Å². The molecule has 2 rings (SSSR count). The van der Waals surface area contributed by atoms with Gasteiger partial charge in [-0.15, -0.1) is 0 Å². The molecule has 1 aliphatic heterocycles. The highest BCUT2D eigenvalue weighted by atomic mass is 32.2. The number of carbonyl (C=O) groups excluding carboxylic acids is 1. The quantitative estimate of drug-likeness (QED) is 0.642. The number of rotatable bonds is 1. The summed E-state index contributed by atoms with van der Waals surface area (Å²) in [6.45, 7) is -0.449. The summed E-state index contributed by atoms with van der Waals surface area (Å²) in [7, 11) is -3.80. The summed E-state index contributed by atoms with van der Waals surface area (Å²) >= 11 is 0. The third-order valence-corrected chi connectivity index (χ3v) is 3.91. The minimum atomic E-state index is -3.80. The number of nitrogens with zero attached hydrogens (tertiary/aromatic N) is 2. The second kappa shape index (κ2) is 3.07. The Labute approximate surface area is 86.6 Å². The van der Waals surface area contributed by atoms with E-state index >= 15 is 0 Å². The van der Waals surface area contributed by atoms with Crippen LogP contribution in [0.15, 0.2) is 29.2 Å². The van der Waals surface area contributed by atoms with E-state index in [0.29, 0.717) is 4.31 Å². The lowest BCUT2D eigenvalue weighted by atomic mass is 10.2. The Morgan fingerprint density at radius 2 is 2.00 bits per heavy atom. The molecule has 1 aromatic carbocycles. The number of carbonyl (C=O) groups is 1. The molecule has 0 aromatic heterocycles. The number of nitriles is 1.